The molecule has 1 aromatic carbocycles. The molecule has 0 radical (unpaired) electrons. The third kappa shape index (κ3) is 4.17. The van der Waals surface area contributed by atoms with Crippen LogP contribution >= 0.6 is 12.2 Å². The Balaban J connectivity index is 2.06. The average molecular weight is 316 g/mol. The number of hydrogen-bond donors (Lipinski definition) is 1. The maximum absolute atomic E-state index is 12.8. The number of aryl methyl sites for hydroxylation is 1. The number of rotatable bonds is 3. The van der Waals surface area contributed by atoms with Gasteiger partial charge in [-0.15, -0.1) is 0 Å². The first-order valence-corrected chi connectivity index (χ1v) is 7.36. The van der Waals surface area contributed by atoms with Gasteiger partial charge < -0.3 is 5.73 Å². The fourth-order valence-electron chi connectivity index (χ4n) is 2.73. The second-order valence-electron chi connectivity index (χ2n) is 5.62. The van der Waals surface area contributed by atoms with Gasteiger partial charge in [-0.3, -0.25) is 4.90 Å². The molecular weight excluding hydrogens is 297 g/mol. The SMILES string of the molecule is Cc1cc(C(N)=S)ccc1CN1CCCC(C(F)(F)F)C1. The van der Waals surface area contributed by atoms with Crippen LogP contribution in [0.1, 0.15) is 29.5 Å². The maximum Gasteiger partial charge on any atom is 0.393 e. The van der Waals surface area contributed by atoms with Gasteiger partial charge in [-0.05, 0) is 43.5 Å². The lowest BCUT2D eigenvalue weighted by atomic mass is 9.96. The third-order valence-corrected chi connectivity index (χ3v) is 4.23. The minimum Gasteiger partial charge on any atom is -0.389 e. The van der Waals surface area contributed by atoms with Crippen LogP contribution in [0.25, 0.3) is 0 Å². The Morgan fingerprint density at radius 2 is 2.14 bits per heavy atom. The highest BCUT2D eigenvalue weighted by Crippen LogP contribution is 2.33. The lowest BCUT2D eigenvalue weighted by Crippen LogP contribution is -2.41. The summed E-state index contributed by atoms with van der Waals surface area (Å²) in [6, 6.07) is 5.62. The zero-order chi connectivity index (χ0) is 15.6. The number of alkyl halides is 3. The molecule has 1 fully saturated rings. The molecule has 116 valence electrons. The molecule has 2 nitrogen and oxygen atoms in total. The van der Waals surface area contributed by atoms with Crippen LogP contribution in [0.5, 0.6) is 0 Å². The average Bonchev–Trinajstić information content (AvgIpc) is 2.40. The number of nitrogens with two attached hydrogens (primary N) is 1. The molecule has 1 saturated heterocycles. The van der Waals surface area contributed by atoms with E-state index in [4.69, 9.17) is 18.0 Å². The van der Waals surface area contributed by atoms with Gasteiger partial charge in [0.1, 0.15) is 4.99 Å². The molecule has 2 N–H and O–H groups in total. The minimum atomic E-state index is -4.09. The number of benzene rings is 1. The first-order valence-electron chi connectivity index (χ1n) is 6.96. The lowest BCUT2D eigenvalue weighted by Gasteiger charge is -2.34. The Morgan fingerprint density at radius 3 is 2.71 bits per heavy atom. The van der Waals surface area contributed by atoms with Crippen molar-refractivity contribution in [3.63, 3.8) is 0 Å². The van der Waals surface area contributed by atoms with Crippen LogP contribution < -0.4 is 5.73 Å². The van der Waals surface area contributed by atoms with Crippen molar-refractivity contribution < 1.29 is 13.2 Å². The van der Waals surface area contributed by atoms with Crippen molar-refractivity contribution in [1.82, 2.24) is 4.90 Å². The molecule has 6 heteroatoms. The molecule has 1 aromatic rings. The van der Waals surface area contributed by atoms with Crippen LogP contribution in [0.15, 0.2) is 18.2 Å². The van der Waals surface area contributed by atoms with Crippen molar-refractivity contribution in [2.75, 3.05) is 13.1 Å². The van der Waals surface area contributed by atoms with Gasteiger partial charge in [0.25, 0.3) is 0 Å². The molecule has 0 aromatic heterocycles. The Hall–Kier alpha value is -1.14. The summed E-state index contributed by atoms with van der Waals surface area (Å²) in [5.74, 6) is -1.21. The first kappa shape index (κ1) is 16.2. The number of likely N-dealkylation sites (tertiary alicyclic amines) is 1. The highest BCUT2D eigenvalue weighted by Gasteiger charge is 2.41. The standard InChI is InChI=1S/C15H19F3N2S/c1-10-7-11(14(19)21)4-5-12(10)8-20-6-2-3-13(9-20)15(16,17)18/h4-5,7,13H,2-3,6,8-9H2,1H3,(H2,19,21). The van der Waals surface area contributed by atoms with Gasteiger partial charge in [0.2, 0.25) is 0 Å². The van der Waals surface area contributed by atoms with Crippen LogP contribution in [0.3, 0.4) is 0 Å². The van der Waals surface area contributed by atoms with E-state index in [-0.39, 0.29) is 13.0 Å². The van der Waals surface area contributed by atoms with E-state index in [2.05, 4.69) is 0 Å². The zero-order valence-corrected chi connectivity index (χ0v) is 12.7. The quantitative estimate of drug-likeness (QED) is 0.867. The number of thiocarbonyl (C=S) groups is 1. The Morgan fingerprint density at radius 1 is 1.43 bits per heavy atom. The third-order valence-electron chi connectivity index (χ3n) is 3.99. The van der Waals surface area contributed by atoms with Crippen molar-refractivity contribution in [2.45, 2.75) is 32.5 Å². The highest BCUT2D eigenvalue weighted by atomic mass is 32.1. The molecule has 2 rings (SSSR count). The Bertz CT molecular complexity index is 528. The largest absolute Gasteiger partial charge is 0.393 e. The second kappa shape index (κ2) is 6.32. The fourth-order valence-corrected chi connectivity index (χ4v) is 2.86. The molecule has 1 unspecified atom stereocenters. The highest BCUT2D eigenvalue weighted by molar-refractivity contribution is 7.80. The predicted octanol–water partition coefficient (Wildman–Crippen LogP) is 3.40. The molecule has 1 aliphatic rings. The smallest absolute Gasteiger partial charge is 0.389 e. The lowest BCUT2D eigenvalue weighted by molar-refractivity contribution is -0.187. The Kier molecular flexibility index (Phi) is 4.88. The van der Waals surface area contributed by atoms with E-state index >= 15 is 0 Å². The van der Waals surface area contributed by atoms with Gasteiger partial charge in [-0.2, -0.15) is 13.2 Å². The van der Waals surface area contributed by atoms with Crippen molar-refractivity contribution >= 4 is 17.2 Å². The van der Waals surface area contributed by atoms with E-state index in [1.807, 2.05) is 30.0 Å². The van der Waals surface area contributed by atoms with Gasteiger partial charge in [-0.1, -0.05) is 24.4 Å². The minimum absolute atomic E-state index is 0.0833. The molecule has 0 amide bonds. The summed E-state index contributed by atoms with van der Waals surface area (Å²) >= 11 is 4.93. The second-order valence-corrected chi connectivity index (χ2v) is 6.06. The summed E-state index contributed by atoms with van der Waals surface area (Å²) in [4.78, 5) is 2.21. The summed E-state index contributed by atoms with van der Waals surface area (Å²) < 4.78 is 38.5. The molecule has 0 spiro atoms. The van der Waals surface area contributed by atoms with Crippen molar-refractivity contribution in [3.8, 4) is 0 Å². The van der Waals surface area contributed by atoms with Crippen LogP contribution in [-0.4, -0.2) is 29.2 Å². The monoisotopic (exact) mass is 316 g/mol. The van der Waals surface area contributed by atoms with Gasteiger partial charge in [0, 0.05) is 18.7 Å². The predicted molar refractivity (Wildman–Crippen MR) is 81.1 cm³/mol. The van der Waals surface area contributed by atoms with Crippen LogP contribution in [0.2, 0.25) is 0 Å². The van der Waals surface area contributed by atoms with Crippen molar-refractivity contribution in [2.24, 2.45) is 11.7 Å². The topological polar surface area (TPSA) is 29.3 Å². The van der Waals surface area contributed by atoms with Gasteiger partial charge in [0.05, 0.1) is 5.92 Å². The number of hydrogen-bond acceptors (Lipinski definition) is 2. The van der Waals surface area contributed by atoms with Crippen LogP contribution in [-0.2, 0) is 6.54 Å². The van der Waals surface area contributed by atoms with Crippen LogP contribution in [0, 0.1) is 12.8 Å². The van der Waals surface area contributed by atoms with Gasteiger partial charge >= 0.3 is 6.18 Å². The normalized spacial score (nSPS) is 20.5. The van der Waals surface area contributed by atoms with Gasteiger partial charge in [-0.25, -0.2) is 0 Å². The van der Waals surface area contributed by atoms with E-state index in [0.717, 1.165) is 16.7 Å². The van der Waals surface area contributed by atoms with E-state index in [1.165, 1.54) is 0 Å². The van der Waals surface area contributed by atoms with E-state index < -0.39 is 12.1 Å². The van der Waals surface area contributed by atoms with Crippen molar-refractivity contribution in [3.05, 3.63) is 34.9 Å². The number of halogens is 3. The maximum atomic E-state index is 12.8. The molecular formula is C15H19F3N2S. The number of piperidine rings is 1. The van der Waals surface area contributed by atoms with Gasteiger partial charge in [0.15, 0.2) is 0 Å². The first-order chi connectivity index (χ1) is 9.77. The number of nitrogens with zero attached hydrogens (tertiary/aromatic N) is 1. The van der Waals surface area contributed by atoms with E-state index in [0.29, 0.717) is 24.5 Å². The summed E-state index contributed by atoms with van der Waals surface area (Å²) in [5.41, 5.74) is 8.40. The summed E-state index contributed by atoms with van der Waals surface area (Å²) in [7, 11) is 0. The molecule has 1 heterocycles. The fraction of sp³-hybridized carbons (Fsp3) is 0.533. The molecule has 1 atom stereocenters. The molecule has 0 saturated carbocycles. The molecule has 0 bridgehead atoms. The Labute approximate surface area is 128 Å². The summed E-state index contributed by atoms with van der Waals surface area (Å²) in [5, 5.41) is 0. The summed E-state index contributed by atoms with van der Waals surface area (Å²) in [6.45, 7) is 3.27. The molecule has 0 aliphatic carbocycles. The van der Waals surface area contributed by atoms with E-state index in [1.54, 1.807) is 0 Å². The molecule has 21 heavy (non-hydrogen) atoms. The summed E-state index contributed by atoms with van der Waals surface area (Å²) in [6.07, 6.45) is -3.27. The molecule has 1 aliphatic heterocycles. The zero-order valence-electron chi connectivity index (χ0n) is 11.9. The van der Waals surface area contributed by atoms with Crippen molar-refractivity contribution in [1.29, 1.82) is 0 Å². The van der Waals surface area contributed by atoms with Crippen LogP contribution in [0.4, 0.5) is 13.2 Å². The van der Waals surface area contributed by atoms with E-state index in [9.17, 15) is 13.2 Å².